The van der Waals surface area contributed by atoms with Crippen molar-refractivity contribution >= 4 is 33.3 Å². The number of fused-ring (bicyclic) bond motifs is 1. The number of nitrogens with zero attached hydrogens (tertiary/aromatic N) is 5. The van der Waals surface area contributed by atoms with Gasteiger partial charge in [-0.3, -0.25) is 5.10 Å². The van der Waals surface area contributed by atoms with Crippen LogP contribution in [0.5, 0.6) is 0 Å². The van der Waals surface area contributed by atoms with E-state index >= 15 is 0 Å². The van der Waals surface area contributed by atoms with Gasteiger partial charge in [-0.25, -0.2) is 9.97 Å². The molecule has 3 aromatic heterocycles. The molecule has 0 bridgehead atoms. The molecule has 0 aliphatic carbocycles. The van der Waals surface area contributed by atoms with Crippen molar-refractivity contribution in [3.05, 3.63) is 54.8 Å². The zero-order chi connectivity index (χ0) is 16.7. The number of H-pyrrole nitrogens is 2. The first kappa shape index (κ1) is 20.8. The van der Waals surface area contributed by atoms with Crippen LogP contribution in [0.25, 0.3) is 10.2 Å². The lowest BCUT2D eigenvalue weighted by molar-refractivity contribution is 0.940. The molecular formula is C16H23N7S2. The Balaban J connectivity index is 0.000000172. The molecule has 25 heavy (non-hydrogen) atoms. The van der Waals surface area contributed by atoms with Crippen LogP contribution in [0.1, 0.15) is 20.3 Å². The standard InChI is InChI=1S/C7H5NS.C4H8S.2C2H3N3.CH4/c1-2-4-7-6(3-1)8-5-9-7;1-2-4-5-3-1;1-3-2-5-4-1;1-2-4-5-3-1;/h1-5H;1-4H2;2*1-2H,(H,3,4,5);1H4. The highest BCUT2D eigenvalue weighted by atomic mass is 32.2. The van der Waals surface area contributed by atoms with Gasteiger partial charge in [-0.1, -0.05) is 19.6 Å². The zero-order valence-corrected chi connectivity index (χ0v) is 14.7. The quantitative estimate of drug-likeness (QED) is 0.480. The molecule has 0 radical (unpaired) electrons. The van der Waals surface area contributed by atoms with Crippen LogP contribution in [0.3, 0.4) is 0 Å². The predicted octanol–water partition coefficient (Wildman–Crippen LogP) is 4.06. The number of aromatic amines is 2. The van der Waals surface area contributed by atoms with Crippen molar-refractivity contribution in [1.82, 2.24) is 35.6 Å². The summed E-state index contributed by atoms with van der Waals surface area (Å²) >= 11 is 3.75. The van der Waals surface area contributed by atoms with Gasteiger partial charge in [0.25, 0.3) is 0 Å². The molecule has 1 aliphatic rings. The van der Waals surface area contributed by atoms with Crippen molar-refractivity contribution in [1.29, 1.82) is 0 Å². The molecule has 1 fully saturated rings. The second-order valence-electron chi connectivity index (χ2n) is 4.45. The molecule has 0 unspecified atom stereocenters. The minimum Gasteiger partial charge on any atom is -0.266 e. The Morgan fingerprint density at radius 1 is 0.960 bits per heavy atom. The van der Waals surface area contributed by atoms with Gasteiger partial charge in [-0.2, -0.15) is 32.3 Å². The summed E-state index contributed by atoms with van der Waals surface area (Å²) in [5, 5.41) is 15.3. The van der Waals surface area contributed by atoms with Gasteiger partial charge >= 0.3 is 0 Å². The maximum absolute atomic E-state index is 4.14. The van der Waals surface area contributed by atoms with E-state index in [9.17, 15) is 0 Å². The number of nitrogens with one attached hydrogen (secondary N) is 2. The van der Waals surface area contributed by atoms with Crippen LogP contribution in [0.4, 0.5) is 0 Å². The van der Waals surface area contributed by atoms with Gasteiger partial charge in [0, 0.05) is 0 Å². The fourth-order valence-electron chi connectivity index (χ4n) is 1.65. The van der Waals surface area contributed by atoms with E-state index in [0.717, 1.165) is 5.52 Å². The van der Waals surface area contributed by atoms with Gasteiger partial charge in [0.15, 0.2) is 0 Å². The molecule has 1 aliphatic heterocycles. The van der Waals surface area contributed by atoms with Crippen LogP contribution in [-0.2, 0) is 0 Å². The third-order valence-electron chi connectivity index (χ3n) is 2.73. The molecule has 134 valence electrons. The maximum atomic E-state index is 4.14. The summed E-state index contributed by atoms with van der Waals surface area (Å²) in [6, 6.07) is 8.13. The van der Waals surface area contributed by atoms with Gasteiger partial charge in [-0.15, -0.1) is 11.3 Å². The van der Waals surface area contributed by atoms with Crippen LogP contribution in [-0.4, -0.2) is 47.1 Å². The number of para-hydroxylation sites is 1. The first-order valence-corrected chi connectivity index (χ1v) is 9.44. The van der Waals surface area contributed by atoms with Crippen molar-refractivity contribution < 1.29 is 0 Å². The molecule has 2 N–H and O–H groups in total. The van der Waals surface area contributed by atoms with Gasteiger partial charge in [-0.05, 0) is 36.5 Å². The molecule has 0 spiro atoms. The Hall–Kier alpha value is -2.26. The summed E-state index contributed by atoms with van der Waals surface area (Å²) in [5.74, 6) is 2.83. The van der Waals surface area contributed by atoms with E-state index in [4.69, 9.17) is 0 Å². The van der Waals surface area contributed by atoms with E-state index in [1.165, 1.54) is 41.7 Å². The second-order valence-corrected chi connectivity index (χ2v) is 6.56. The van der Waals surface area contributed by atoms with Crippen molar-refractivity contribution in [2.24, 2.45) is 0 Å². The fourth-order valence-corrected chi connectivity index (χ4v) is 3.35. The van der Waals surface area contributed by atoms with E-state index in [1.54, 1.807) is 23.7 Å². The number of aromatic nitrogens is 7. The van der Waals surface area contributed by atoms with Crippen molar-refractivity contribution in [2.45, 2.75) is 20.3 Å². The average molecular weight is 378 g/mol. The molecule has 0 saturated carbocycles. The maximum Gasteiger partial charge on any atom is 0.137 e. The van der Waals surface area contributed by atoms with Gasteiger partial charge in [0.1, 0.15) is 12.7 Å². The molecule has 0 amide bonds. The second kappa shape index (κ2) is 14.1. The zero-order valence-electron chi connectivity index (χ0n) is 13.1. The smallest absolute Gasteiger partial charge is 0.137 e. The summed E-state index contributed by atoms with van der Waals surface area (Å²) in [7, 11) is 0. The first-order valence-electron chi connectivity index (χ1n) is 7.41. The van der Waals surface area contributed by atoms with Crippen molar-refractivity contribution in [3.63, 3.8) is 0 Å². The van der Waals surface area contributed by atoms with Crippen LogP contribution in [0, 0.1) is 0 Å². The fraction of sp³-hybridized carbons (Fsp3) is 0.312. The highest BCUT2D eigenvalue weighted by Crippen LogP contribution is 2.15. The number of benzene rings is 1. The lowest BCUT2D eigenvalue weighted by Crippen LogP contribution is -1.61. The largest absolute Gasteiger partial charge is 0.266 e. The molecule has 0 atom stereocenters. The molecule has 5 rings (SSSR count). The number of rotatable bonds is 0. The molecule has 1 aromatic carbocycles. The Labute approximate surface area is 155 Å². The molecular weight excluding hydrogens is 354 g/mol. The third-order valence-corrected chi connectivity index (χ3v) is 4.69. The molecule has 4 heterocycles. The molecule has 4 aromatic rings. The summed E-state index contributed by atoms with van der Waals surface area (Å²) in [5.41, 5.74) is 2.97. The summed E-state index contributed by atoms with van der Waals surface area (Å²) in [4.78, 5) is 7.69. The lowest BCUT2D eigenvalue weighted by atomic mass is 10.3. The van der Waals surface area contributed by atoms with Crippen LogP contribution >= 0.6 is 23.1 Å². The van der Waals surface area contributed by atoms with Gasteiger partial charge < -0.3 is 0 Å². The summed E-state index contributed by atoms with van der Waals surface area (Å²) in [6.07, 6.45) is 9.05. The molecule has 7 nitrogen and oxygen atoms in total. The van der Waals surface area contributed by atoms with Crippen LogP contribution < -0.4 is 0 Å². The average Bonchev–Trinajstić information content (AvgIpc) is 3.48. The Kier molecular flexibility index (Phi) is 11.7. The number of hydrogen-bond acceptors (Lipinski definition) is 7. The Bertz CT molecular complexity index is 623. The minimum absolute atomic E-state index is 0. The van der Waals surface area contributed by atoms with Crippen LogP contribution in [0.15, 0.2) is 54.8 Å². The first-order chi connectivity index (χ1) is 12.0. The third kappa shape index (κ3) is 9.58. The topological polar surface area (TPSA) is 96.0 Å². The number of hydrogen-bond donors (Lipinski definition) is 2. The van der Waals surface area contributed by atoms with E-state index in [2.05, 4.69) is 53.4 Å². The monoisotopic (exact) mass is 377 g/mol. The summed E-state index contributed by atoms with van der Waals surface area (Å²) in [6.45, 7) is 0. The highest BCUT2D eigenvalue weighted by molar-refractivity contribution is 7.99. The number of thiazole rings is 1. The van der Waals surface area contributed by atoms with Crippen molar-refractivity contribution in [2.75, 3.05) is 11.5 Å². The Morgan fingerprint density at radius 2 is 1.72 bits per heavy atom. The van der Waals surface area contributed by atoms with E-state index in [0.29, 0.717) is 0 Å². The molecule has 1 saturated heterocycles. The Morgan fingerprint density at radius 3 is 2.16 bits per heavy atom. The minimum atomic E-state index is 0. The normalized spacial score (nSPS) is 11.7. The SMILES string of the molecule is C.C1CCSC1.c1ccc2scnc2c1.c1cn[nH]n1.c1nc[nH]n1. The van der Waals surface area contributed by atoms with E-state index < -0.39 is 0 Å². The van der Waals surface area contributed by atoms with E-state index in [1.807, 2.05) is 23.7 Å². The number of thioether (sulfide) groups is 1. The lowest BCUT2D eigenvalue weighted by Gasteiger charge is -1.80. The van der Waals surface area contributed by atoms with Gasteiger partial charge in [0.05, 0.1) is 28.1 Å². The van der Waals surface area contributed by atoms with Crippen molar-refractivity contribution in [3.8, 4) is 0 Å². The van der Waals surface area contributed by atoms with E-state index in [-0.39, 0.29) is 7.43 Å². The predicted molar refractivity (Wildman–Crippen MR) is 106 cm³/mol. The summed E-state index contributed by atoms with van der Waals surface area (Å²) < 4.78 is 1.26. The molecule has 9 heteroatoms. The highest BCUT2D eigenvalue weighted by Gasteiger charge is 1.95. The van der Waals surface area contributed by atoms with Crippen LogP contribution in [0.2, 0.25) is 0 Å². The van der Waals surface area contributed by atoms with Gasteiger partial charge in [0.2, 0.25) is 0 Å².